The molecule has 3 aromatic rings. The van der Waals surface area contributed by atoms with Crippen LogP contribution in [0.5, 0.6) is 0 Å². The average molecular weight is 443 g/mol. The topological polar surface area (TPSA) is 86.8 Å². The molecule has 11 heteroatoms. The lowest BCUT2D eigenvalue weighted by atomic mass is 9.97. The summed E-state index contributed by atoms with van der Waals surface area (Å²) in [5.74, 6) is 0.180. The van der Waals surface area contributed by atoms with Gasteiger partial charge in [0, 0.05) is 38.9 Å². The van der Waals surface area contributed by atoms with Gasteiger partial charge < -0.3 is 15.2 Å². The number of H-pyrrole nitrogens is 1. The summed E-state index contributed by atoms with van der Waals surface area (Å²) >= 11 is 6.05. The van der Waals surface area contributed by atoms with E-state index in [9.17, 15) is 18.0 Å². The minimum atomic E-state index is -4.47. The van der Waals surface area contributed by atoms with Crippen molar-refractivity contribution in [2.75, 3.05) is 18.0 Å². The third-order valence-electron chi connectivity index (χ3n) is 5.24. The van der Waals surface area contributed by atoms with Crippen molar-refractivity contribution in [3.05, 3.63) is 35.7 Å². The Labute approximate surface area is 177 Å². The van der Waals surface area contributed by atoms with Crippen LogP contribution in [0.15, 0.2) is 30.7 Å². The Morgan fingerprint density at radius 3 is 3.00 bits per heavy atom. The van der Waals surface area contributed by atoms with Gasteiger partial charge >= 0.3 is 6.18 Å². The van der Waals surface area contributed by atoms with E-state index in [1.54, 1.807) is 36.4 Å². The van der Waals surface area contributed by atoms with Gasteiger partial charge in [-0.1, -0.05) is 11.6 Å². The quantitative estimate of drug-likeness (QED) is 0.632. The number of aromatic amines is 1. The predicted octanol–water partition coefficient (Wildman–Crippen LogP) is 4.20. The number of halogens is 4. The molecule has 0 saturated carbocycles. The van der Waals surface area contributed by atoms with Crippen molar-refractivity contribution in [1.29, 1.82) is 0 Å². The Morgan fingerprint density at radius 1 is 1.43 bits per heavy atom. The number of fused-ring (bicyclic) bond motifs is 1. The first-order valence-corrected chi connectivity index (χ1v) is 9.64. The van der Waals surface area contributed by atoms with Crippen molar-refractivity contribution in [3.8, 4) is 11.4 Å². The van der Waals surface area contributed by atoms with E-state index in [4.69, 9.17) is 11.6 Å². The minimum absolute atomic E-state index is 0. The maximum atomic E-state index is 12.6. The van der Waals surface area contributed by atoms with Gasteiger partial charge in [0.15, 0.2) is 5.82 Å². The normalized spacial score (nSPS) is 19.4. The first-order chi connectivity index (χ1) is 14.2. The summed E-state index contributed by atoms with van der Waals surface area (Å²) < 4.78 is 37.6. The van der Waals surface area contributed by atoms with Crippen LogP contribution in [-0.4, -0.2) is 50.6 Å². The number of carbonyl (C=O) groups is 1. The molecule has 1 aliphatic rings. The van der Waals surface area contributed by atoms with E-state index in [1.807, 2.05) is 5.32 Å². The predicted molar refractivity (Wildman–Crippen MR) is 110 cm³/mol. The first kappa shape index (κ1) is 20.4. The van der Waals surface area contributed by atoms with Crippen molar-refractivity contribution in [1.82, 2.24) is 25.3 Å². The molecule has 1 saturated heterocycles. The lowest BCUT2D eigenvalue weighted by Crippen LogP contribution is -2.55. The molecular formula is C19H22ClF3N6O. The molecular weight excluding hydrogens is 421 g/mol. The van der Waals surface area contributed by atoms with Gasteiger partial charge in [0.2, 0.25) is 5.91 Å². The van der Waals surface area contributed by atoms with E-state index >= 15 is 0 Å². The summed E-state index contributed by atoms with van der Waals surface area (Å²) in [6, 6.07) is 3.39. The van der Waals surface area contributed by atoms with Gasteiger partial charge in [-0.2, -0.15) is 13.2 Å². The van der Waals surface area contributed by atoms with Crippen LogP contribution < -0.4 is 10.2 Å². The molecule has 1 aliphatic heterocycles. The van der Waals surface area contributed by atoms with Gasteiger partial charge in [0.05, 0.1) is 5.02 Å². The number of anilines is 1. The molecule has 1 fully saturated rings. The van der Waals surface area contributed by atoms with E-state index in [1.165, 1.54) is 6.20 Å². The summed E-state index contributed by atoms with van der Waals surface area (Å²) in [5.41, 5.74) is 0.173. The second-order valence-corrected chi connectivity index (χ2v) is 7.75. The third kappa shape index (κ3) is 3.79. The summed E-state index contributed by atoms with van der Waals surface area (Å²) in [5, 5.41) is 3.21. The molecule has 7 nitrogen and oxygen atoms in total. The van der Waals surface area contributed by atoms with Crippen LogP contribution in [0, 0.1) is 0 Å². The Bertz CT molecular complexity index is 1110. The van der Waals surface area contributed by atoms with Gasteiger partial charge in [-0.3, -0.25) is 4.79 Å². The molecule has 162 valence electrons. The van der Waals surface area contributed by atoms with Crippen LogP contribution in [0.25, 0.3) is 22.4 Å². The highest BCUT2D eigenvalue weighted by Crippen LogP contribution is 2.35. The van der Waals surface area contributed by atoms with E-state index in [0.29, 0.717) is 47.3 Å². The van der Waals surface area contributed by atoms with Gasteiger partial charge in [-0.15, -0.1) is 0 Å². The molecule has 0 unspecified atom stereocenters. The lowest BCUT2D eigenvalue weighted by Gasteiger charge is -2.35. The van der Waals surface area contributed by atoms with Crippen molar-refractivity contribution < 1.29 is 20.8 Å². The van der Waals surface area contributed by atoms with Crippen molar-refractivity contribution >= 4 is 34.4 Å². The molecule has 0 spiro atoms. The molecule has 3 aromatic heterocycles. The Kier molecular flexibility index (Phi) is 5.05. The number of hydrogen-bond donors (Lipinski definition) is 2. The number of carbonyl (C=O) groups excluding carboxylic acids is 1. The van der Waals surface area contributed by atoms with Crippen LogP contribution in [0.1, 0.15) is 22.6 Å². The van der Waals surface area contributed by atoms with Crippen molar-refractivity contribution in [3.63, 3.8) is 0 Å². The van der Waals surface area contributed by atoms with Gasteiger partial charge in [-0.25, -0.2) is 15.0 Å². The molecule has 0 radical (unpaired) electrons. The Hall–Kier alpha value is -2.88. The molecule has 2 N–H and O–H groups in total. The third-order valence-corrected chi connectivity index (χ3v) is 5.44. The Morgan fingerprint density at radius 2 is 2.23 bits per heavy atom. The fraction of sp³-hybridized carbons (Fsp3) is 0.368. The van der Waals surface area contributed by atoms with Crippen LogP contribution in [0.4, 0.5) is 19.0 Å². The summed E-state index contributed by atoms with van der Waals surface area (Å²) in [7, 11) is 0. The number of rotatable bonds is 4. The molecule has 4 rings (SSSR count). The average Bonchev–Trinajstić information content (AvgIpc) is 3.29. The molecule has 1 atom stereocenters. The van der Waals surface area contributed by atoms with E-state index < -0.39 is 24.2 Å². The van der Waals surface area contributed by atoms with E-state index in [0.717, 1.165) is 5.39 Å². The maximum Gasteiger partial charge on any atom is 0.405 e. The van der Waals surface area contributed by atoms with Crippen molar-refractivity contribution in [2.24, 2.45) is 0 Å². The van der Waals surface area contributed by atoms with Crippen LogP contribution in [-0.2, 0) is 4.79 Å². The number of alkyl halides is 3. The summed E-state index contributed by atoms with van der Waals surface area (Å²) in [6.07, 6.45) is 1.40. The van der Waals surface area contributed by atoms with Crippen LogP contribution in [0.2, 0.25) is 5.02 Å². The number of nitrogens with zero attached hydrogens (tertiary/aromatic N) is 4. The first-order valence-electron chi connectivity index (χ1n) is 9.26. The molecule has 4 heterocycles. The SMILES string of the molecule is C[C@@]1(C(=O)NCC(F)(F)F)CCCN1c1ccnc(-c2c[nH]c3ncc(Cl)cc23)n1.[HH].[HH]. The minimum Gasteiger partial charge on any atom is -0.345 e. The number of aromatic nitrogens is 4. The second kappa shape index (κ2) is 7.42. The fourth-order valence-corrected chi connectivity index (χ4v) is 3.89. The number of pyridine rings is 1. The zero-order valence-electron chi connectivity index (χ0n) is 15.9. The lowest BCUT2D eigenvalue weighted by molar-refractivity contribution is -0.141. The van der Waals surface area contributed by atoms with Gasteiger partial charge in [0.25, 0.3) is 0 Å². The van der Waals surface area contributed by atoms with Crippen molar-refractivity contribution in [2.45, 2.75) is 31.5 Å². The highest BCUT2D eigenvalue weighted by molar-refractivity contribution is 6.31. The molecule has 1 amide bonds. The van der Waals surface area contributed by atoms with Crippen LogP contribution >= 0.6 is 11.6 Å². The fourth-order valence-electron chi connectivity index (χ4n) is 3.73. The zero-order chi connectivity index (χ0) is 21.5. The second-order valence-electron chi connectivity index (χ2n) is 7.32. The standard InChI is InChI=1S/C19H18ClF3N6O.2H2/c1-18(17(30)27-10-19(21,22)23)4-2-6-29(18)14-3-5-24-16(28-14)13-9-26-15-12(13)7-11(20)8-25-15;;/h3,5,7-9H,2,4,6,10H2,1H3,(H,25,26)(H,27,30);2*1H/t18-;;/m0../s1. The monoisotopic (exact) mass is 442 g/mol. The highest BCUT2D eigenvalue weighted by Gasteiger charge is 2.45. The maximum absolute atomic E-state index is 12.6. The molecule has 30 heavy (non-hydrogen) atoms. The number of nitrogens with one attached hydrogen (secondary N) is 2. The number of amides is 1. The summed E-state index contributed by atoms with van der Waals surface area (Å²) in [4.78, 5) is 30.5. The van der Waals surface area contributed by atoms with Crippen LogP contribution in [0.3, 0.4) is 0 Å². The van der Waals surface area contributed by atoms with Gasteiger partial charge in [0.1, 0.15) is 23.5 Å². The smallest absolute Gasteiger partial charge is 0.345 e. The van der Waals surface area contributed by atoms with E-state index in [-0.39, 0.29) is 2.85 Å². The largest absolute Gasteiger partial charge is 0.405 e. The number of hydrogen-bond acceptors (Lipinski definition) is 5. The zero-order valence-corrected chi connectivity index (χ0v) is 16.7. The Balaban J connectivity index is 0.00000181. The molecule has 0 aliphatic carbocycles. The summed E-state index contributed by atoms with van der Waals surface area (Å²) in [6.45, 7) is 0.754. The highest BCUT2D eigenvalue weighted by atomic mass is 35.5. The molecule has 0 bridgehead atoms. The van der Waals surface area contributed by atoms with Gasteiger partial charge in [-0.05, 0) is 31.9 Å². The van der Waals surface area contributed by atoms with E-state index in [2.05, 4.69) is 19.9 Å². The molecule has 0 aromatic carbocycles.